The van der Waals surface area contributed by atoms with Crippen molar-refractivity contribution in [2.24, 2.45) is 5.92 Å². The second-order valence-corrected chi connectivity index (χ2v) is 4.95. The summed E-state index contributed by atoms with van der Waals surface area (Å²) >= 11 is 0. The molecule has 1 atom stereocenters. The van der Waals surface area contributed by atoms with Crippen molar-refractivity contribution in [1.82, 2.24) is 5.32 Å². The zero-order valence-corrected chi connectivity index (χ0v) is 9.88. The smallest absolute Gasteiger partial charge is 0.123 e. The van der Waals surface area contributed by atoms with Crippen LogP contribution in [0.3, 0.4) is 0 Å². The molecule has 0 spiro atoms. The molecule has 0 heterocycles. The molecule has 0 saturated heterocycles. The topological polar surface area (TPSA) is 12.0 Å². The SMILES string of the molecule is CC(CCNC1CC1)Cc1ccc(F)cc1. The van der Waals surface area contributed by atoms with E-state index >= 15 is 0 Å². The first kappa shape index (κ1) is 11.6. The molecule has 1 nitrogen and oxygen atoms in total. The van der Waals surface area contributed by atoms with E-state index in [0.717, 1.165) is 19.0 Å². The van der Waals surface area contributed by atoms with Crippen LogP contribution in [0.2, 0.25) is 0 Å². The summed E-state index contributed by atoms with van der Waals surface area (Å²) in [6, 6.07) is 7.67. The van der Waals surface area contributed by atoms with Crippen molar-refractivity contribution in [2.45, 2.75) is 38.6 Å². The number of hydrogen-bond acceptors (Lipinski definition) is 1. The summed E-state index contributed by atoms with van der Waals surface area (Å²) in [6.07, 6.45) is 4.96. The van der Waals surface area contributed by atoms with Gasteiger partial charge in [-0.25, -0.2) is 4.39 Å². The molecule has 1 aliphatic rings. The summed E-state index contributed by atoms with van der Waals surface area (Å²) in [4.78, 5) is 0. The number of rotatable bonds is 6. The molecule has 1 aliphatic carbocycles. The van der Waals surface area contributed by atoms with E-state index in [9.17, 15) is 4.39 Å². The van der Waals surface area contributed by atoms with Crippen molar-refractivity contribution in [3.05, 3.63) is 35.6 Å². The van der Waals surface area contributed by atoms with Gasteiger partial charge in [-0.1, -0.05) is 19.1 Å². The molecule has 2 rings (SSSR count). The summed E-state index contributed by atoms with van der Waals surface area (Å²) in [6.45, 7) is 3.38. The zero-order chi connectivity index (χ0) is 11.4. The molecule has 1 aromatic carbocycles. The Morgan fingerprint density at radius 3 is 2.62 bits per heavy atom. The maximum atomic E-state index is 12.7. The second-order valence-electron chi connectivity index (χ2n) is 4.95. The molecule has 0 bridgehead atoms. The Balaban J connectivity index is 1.68. The molecule has 16 heavy (non-hydrogen) atoms. The summed E-state index contributed by atoms with van der Waals surface area (Å²) in [7, 11) is 0. The Bertz CT molecular complexity index is 316. The van der Waals surface area contributed by atoms with Crippen LogP contribution in [0.4, 0.5) is 4.39 Å². The van der Waals surface area contributed by atoms with Gasteiger partial charge in [0.05, 0.1) is 0 Å². The van der Waals surface area contributed by atoms with Gasteiger partial charge < -0.3 is 5.32 Å². The number of halogens is 1. The Labute approximate surface area is 97.1 Å². The summed E-state index contributed by atoms with van der Waals surface area (Å²) in [5, 5.41) is 3.52. The first-order chi connectivity index (χ1) is 7.74. The molecule has 2 heteroatoms. The molecular weight excluding hydrogens is 201 g/mol. The lowest BCUT2D eigenvalue weighted by Gasteiger charge is -2.11. The third-order valence-electron chi connectivity index (χ3n) is 3.14. The molecule has 88 valence electrons. The fraction of sp³-hybridized carbons (Fsp3) is 0.571. The first-order valence-corrected chi connectivity index (χ1v) is 6.22. The van der Waals surface area contributed by atoms with Crippen LogP contribution in [-0.2, 0) is 6.42 Å². The highest BCUT2D eigenvalue weighted by Crippen LogP contribution is 2.19. The van der Waals surface area contributed by atoms with Gasteiger partial charge in [-0.15, -0.1) is 0 Å². The molecule has 1 saturated carbocycles. The Hall–Kier alpha value is -0.890. The molecular formula is C14H20FN. The van der Waals surface area contributed by atoms with Crippen LogP contribution in [0.15, 0.2) is 24.3 Å². The van der Waals surface area contributed by atoms with Crippen LogP contribution in [0.1, 0.15) is 31.7 Å². The highest BCUT2D eigenvalue weighted by Gasteiger charge is 2.19. The van der Waals surface area contributed by atoms with Crippen molar-refractivity contribution in [3.8, 4) is 0 Å². The lowest BCUT2D eigenvalue weighted by molar-refractivity contribution is 0.497. The molecule has 1 aromatic rings. The van der Waals surface area contributed by atoms with Crippen LogP contribution in [0.5, 0.6) is 0 Å². The largest absolute Gasteiger partial charge is 0.314 e. The lowest BCUT2D eigenvalue weighted by Crippen LogP contribution is -2.20. The van der Waals surface area contributed by atoms with E-state index in [2.05, 4.69) is 12.2 Å². The Morgan fingerprint density at radius 1 is 1.31 bits per heavy atom. The van der Waals surface area contributed by atoms with Gasteiger partial charge in [-0.3, -0.25) is 0 Å². The quantitative estimate of drug-likeness (QED) is 0.778. The molecule has 0 radical (unpaired) electrons. The second kappa shape index (κ2) is 5.44. The molecule has 0 aromatic heterocycles. The van der Waals surface area contributed by atoms with Crippen LogP contribution in [0, 0.1) is 11.7 Å². The predicted molar refractivity (Wildman–Crippen MR) is 64.9 cm³/mol. The van der Waals surface area contributed by atoms with E-state index in [-0.39, 0.29) is 5.82 Å². The molecule has 1 unspecified atom stereocenters. The van der Waals surface area contributed by atoms with Crippen molar-refractivity contribution < 1.29 is 4.39 Å². The Kier molecular flexibility index (Phi) is 3.94. The monoisotopic (exact) mass is 221 g/mol. The molecule has 0 aliphatic heterocycles. The maximum absolute atomic E-state index is 12.7. The van der Waals surface area contributed by atoms with Crippen LogP contribution < -0.4 is 5.32 Å². The molecule has 0 amide bonds. The third-order valence-corrected chi connectivity index (χ3v) is 3.14. The standard InChI is InChI=1S/C14H20FN/c1-11(8-9-16-14-6-7-14)10-12-2-4-13(15)5-3-12/h2-5,11,14,16H,6-10H2,1H3. The van der Waals surface area contributed by atoms with Crippen LogP contribution in [0.25, 0.3) is 0 Å². The highest BCUT2D eigenvalue weighted by molar-refractivity contribution is 5.16. The van der Waals surface area contributed by atoms with Crippen molar-refractivity contribution in [3.63, 3.8) is 0 Å². The van der Waals surface area contributed by atoms with Gasteiger partial charge in [0.25, 0.3) is 0 Å². The van der Waals surface area contributed by atoms with Gasteiger partial charge in [0.1, 0.15) is 5.82 Å². The van der Waals surface area contributed by atoms with Gasteiger partial charge in [-0.2, -0.15) is 0 Å². The average molecular weight is 221 g/mol. The van der Waals surface area contributed by atoms with E-state index < -0.39 is 0 Å². The minimum atomic E-state index is -0.146. The van der Waals surface area contributed by atoms with Crippen molar-refractivity contribution in [2.75, 3.05) is 6.54 Å². The zero-order valence-electron chi connectivity index (χ0n) is 9.88. The summed E-state index contributed by atoms with van der Waals surface area (Å²) in [5.74, 6) is 0.517. The van der Waals surface area contributed by atoms with Crippen LogP contribution in [-0.4, -0.2) is 12.6 Å². The first-order valence-electron chi connectivity index (χ1n) is 6.22. The highest BCUT2D eigenvalue weighted by atomic mass is 19.1. The van der Waals surface area contributed by atoms with E-state index in [4.69, 9.17) is 0 Å². The number of nitrogens with one attached hydrogen (secondary N) is 1. The normalized spacial score (nSPS) is 17.4. The number of benzene rings is 1. The van der Waals surface area contributed by atoms with E-state index in [0.29, 0.717) is 5.92 Å². The van der Waals surface area contributed by atoms with Gasteiger partial charge in [-0.05, 0) is 55.8 Å². The minimum Gasteiger partial charge on any atom is -0.314 e. The number of hydrogen-bond donors (Lipinski definition) is 1. The summed E-state index contributed by atoms with van der Waals surface area (Å²) in [5.41, 5.74) is 1.24. The van der Waals surface area contributed by atoms with Crippen LogP contribution >= 0.6 is 0 Å². The van der Waals surface area contributed by atoms with E-state index in [1.54, 1.807) is 12.1 Å². The fourth-order valence-electron chi connectivity index (χ4n) is 1.95. The molecule has 1 N–H and O–H groups in total. The van der Waals surface area contributed by atoms with Crippen molar-refractivity contribution >= 4 is 0 Å². The average Bonchev–Trinajstić information content (AvgIpc) is 3.05. The Morgan fingerprint density at radius 2 is 2.00 bits per heavy atom. The maximum Gasteiger partial charge on any atom is 0.123 e. The van der Waals surface area contributed by atoms with Gasteiger partial charge in [0.2, 0.25) is 0 Å². The predicted octanol–water partition coefficient (Wildman–Crippen LogP) is 3.15. The van der Waals surface area contributed by atoms with E-state index in [1.165, 1.54) is 24.8 Å². The lowest BCUT2D eigenvalue weighted by atomic mass is 9.98. The van der Waals surface area contributed by atoms with Gasteiger partial charge in [0, 0.05) is 6.04 Å². The minimum absolute atomic E-state index is 0.146. The van der Waals surface area contributed by atoms with Crippen molar-refractivity contribution in [1.29, 1.82) is 0 Å². The molecule has 1 fully saturated rings. The fourth-order valence-corrected chi connectivity index (χ4v) is 1.95. The van der Waals surface area contributed by atoms with Gasteiger partial charge >= 0.3 is 0 Å². The summed E-state index contributed by atoms with van der Waals surface area (Å²) < 4.78 is 12.7. The van der Waals surface area contributed by atoms with E-state index in [1.807, 2.05) is 12.1 Å². The third kappa shape index (κ3) is 3.93. The van der Waals surface area contributed by atoms with Gasteiger partial charge in [0.15, 0.2) is 0 Å².